The second kappa shape index (κ2) is 9.14. The third-order valence-electron chi connectivity index (χ3n) is 4.55. The molecule has 1 saturated heterocycles. The van der Waals surface area contributed by atoms with Gasteiger partial charge in [-0.05, 0) is 38.3 Å². The van der Waals surface area contributed by atoms with Gasteiger partial charge >= 0.3 is 0 Å². The number of benzene rings is 1. The summed E-state index contributed by atoms with van der Waals surface area (Å²) in [6.07, 6.45) is 2.73. The van der Waals surface area contributed by atoms with E-state index in [1.807, 2.05) is 44.2 Å². The zero-order chi connectivity index (χ0) is 19.2. The Hall–Kier alpha value is -1.92. The molecule has 1 aromatic carbocycles. The van der Waals surface area contributed by atoms with Gasteiger partial charge in [0.1, 0.15) is 0 Å². The van der Waals surface area contributed by atoms with Crippen LogP contribution in [-0.2, 0) is 14.8 Å². The number of carbonyl (C=O) groups excluding carboxylic acids is 1. The van der Waals surface area contributed by atoms with Crippen LogP contribution in [0.15, 0.2) is 47.9 Å². The summed E-state index contributed by atoms with van der Waals surface area (Å²) in [5.41, 5.74) is 1.80. The number of likely N-dealkylation sites (N-methyl/N-ethyl adjacent to an activating group) is 1. The van der Waals surface area contributed by atoms with Crippen LogP contribution < -0.4 is 0 Å². The number of amides is 1. The van der Waals surface area contributed by atoms with Crippen LogP contribution in [0.25, 0.3) is 6.08 Å². The Kier molecular flexibility index (Phi) is 7.17. The maximum Gasteiger partial charge on any atom is 0.236 e. The van der Waals surface area contributed by atoms with Crippen LogP contribution in [0.1, 0.15) is 32.3 Å². The van der Waals surface area contributed by atoms with E-state index in [9.17, 15) is 13.2 Å². The highest BCUT2D eigenvalue weighted by atomic mass is 32.2. The number of piperidine rings is 1. The molecule has 142 valence electrons. The molecule has 6 heteroatoms. The van der Waals surface area contributed by atoms with Gasteiger partial charge in [0.25, 0.3) is 0 Å². The van der Waals surface area contributed by atoms with Crippen LogP contribution in [-0.4, -0.2) is 49.7 Å². The fourth-order valence-electron chi connectivity index (χ4n) is 3.10. The summed E-state index contributed by atoms with van der Waals surface area (Å²) < 4.78 is 26.5. The lowest BCUT2D eigenvalue weighted by Crippen LogP contribution is -2.44. The normalized spacial score (nSPS) is 16.7. The van der Waals surface area contributed by atoms with Gasteiger partial charge in [0, 0.05) is 37.5 Å². The lowest BCUT2D eigenvalue weighted by atomic mass is 9.96. The minimum Gasteiger partial charge on any atom is -0.339 e. The van der Waals surface area contributed by atoms with Crippen molar-refractivity contribution >= 4 is 22.0 Å². The Labute approximate surface area is 157 Å². The molecular formula is C20H28N2O3S. The van der Waals surface area contributed by atoms with Gasteiger partial charge in [0.05, 0.1) is 0 Å². The molecule has 1 amide bonds. The van der Waals surface area contributed by atoms with Crippen LogP contribution in [0.3, 0.4) is 0 Å². The zero-order valence-electron chi connectivity index (χ0n) is 15.6. The van der Waals surface area contributed by atoms with Gasteiger partial charge in [0.15, 0.2) is 0 Å². The van der Waals surface area contributed by atoms with E-state index in [1.54, 1.807) is 11.0 Å². The number of nitrogens with zero attached hydrogens (tertiary/aromatic N) is 2. The Bertz CT molecular complexity index is 749. The van der Waals surface area contributed by atoms with Crippen molar-refractivity contribution in [3.05, 3.63) is 53.5 Å². The largest absolute Gasteiger partial charge is 0.339 e. The standard InChI is InChI=1S/C20H28N2O3S/c1-4-21(16-17(2)3)20(23)19-10-13-22(14-11-19)26(24,25)15-12-18-8-6-5-7-9-18/h5-9,12,15,19H,2,4,10-11,13-14,16H2,1,3H3/b15-12+. The van der Waals surface area contributed by atoms with Gasteiger partial charge in [-0.1, -0.05) is 42.5 Å². The van der Waals surface area contributed by atoms with Gasteiger partial charge < -0.3 is 4.90 Å². The van der Waals surface area contributed by atoms with Crippen molar-refractivity contribution in [3.63, 3.8) is 0 Å². The van der Waals surface area contributed by atoms with Crippen molar-refractivity contribution < 1.29 is 13.2 Å². The van der Waals surface area contributed by atoms with E-state index in [1.165, 1.54) is 9.71 Å². The molecule has 0 radical (unpaired) electrons. The Morgan fingerprint density at radius 2 is 1.88 bits per heavy atom. The highest BCUT2D eigenvalue weighted by Crippen LogP contribution is 2.23. The first kappa shape index (κ1) is 20.4. The van der Waals surface area contributed by atoms with E-state index in [4.69, 9.17) is 0 Å². The van der Waals surface area contributed by atoms with E-state index in [0.29, 0.717) is 39.0 Å². The third kappa shape index (κ3) is 5.54. The van der Waals surface area contributed by atoms with Crippen molar-refractivity contribution in [2.24, 2.45) is 5.92 Å². The summed E-state index contributed by atoms with van der Waals surface area (Å²) in [4.78, 5) is 14.4. The number of hydrogen-bond donors (Lipinski definition) is 0. The van der Waals surface area contributed by atoms with Gasteiger partial charge in [-0.25, -0.2) is 8.42 Å². The molecule has 1 aromatic rings. The predicted molar refractivity (Wildman–Crippen MR) is 106 cm³/mol. The van der Waals surface area contributed by atoms with E-state index in [2.05, 4.69) is 6.58 Å². The second-order valence-corrected chi connectivity index (χ2v) is 8.56. The molecule has 1 aliphatic heterocycles. The molecule has 0 bridgehead atoms. The summed E-state index contributed by atoms with van der Waals surface area (Å²) in [6.45, 7) is 9.69. The van der Waals surface area contributed by atoms with Crippen molar-refractivity contribution in [2.75, 3.05) is 26.2 Å². The fraction of sp³-hybridized carbons (Fsp3) is 0.450. The number of rotatable bonds is 7. The number of hydrogen-bond acceptors (Lipinski definition) is 3. The van der Waals surface area contributed by atoms with Gasteiger partial charge in [0.2, 0.25) is 15.9 Å². The predicted octanol–water partition coefficient (Wildman–Crippen LogP) is 3.12. The molecule has 0 spiro atoms. The molecule has 26 heavy (non-hydrogen) atoms. The van der Waals surface area contributed by atoms with Gasteiger partial charge in [-0.2, -0.15) is 4.31 Å². The summed E-state index contributed by atoms with van der Waals surface area (Å²) in [5.74, 6) is -0.00812. The Morgan fingerprint density at radius 1 is 1.27 bits per heavy atom. The molecule has 1 heterocycles. The summed E-state index contributed by atoms with van der Waals surface area (Å²) >= 11 is 0. The minimum absolute atomic E-state index is 0.104. The molecule has 5 nitrogen and oxygen atoms in total. The van der Waals surface area contributed by atoms with Crippen molar-refractivity contribution in [1.82, 2.24) is 9.21 Å². The number of carbonyl (C=O) groups is 1. The average Bonchev–Trinajstić information content (AvgIpc) is 2.65. The minimum atomic E-state index is -3.46. The first-order chi connectivity index (χ1) is 12.3. The zero-order valence-corrected chi connectivity index (χ0v) is 16.4. The summed E-state index contributed by atoms with van der Waals surface area (Å²) in [7, 11) is -3.46. The van der Waals surface area contributed by atoms with Crippen LogP contribution in [0.4, 0.5) is 0 Å². The van der Waals surface area contributed by atoms with E-state index < -0.39 is 10.0 Å². The molecule has 0 N–H and O–H groups in total. The van der Waals surface area contributed by atoms with Gasteiger partial charge in [-0.3, -0.25) is 4.79 Å². The lowest BCUT2D eigenvalue weighted by Gasteiger charge is -2.33. The SMILES string of the molecule is C=C(C)CN(CC)C(=O)C1CCN(S(=O)(=O)/C=C/c2ccccc2)CC1. The van der Waals surface area contributed by atoms with Crippen LogP contribution in [0.2, 0.25) is 0 Å². The molecular weight excluding hydrogens is 348 g/mol. The smallest absolute Gasteiger partial charge is 0.236 e. The van der Waals surface area contributed by atoms with E-state index in [0.717, 1.165) is 11.1 Å². The summed E-state index contributed by atoms with van der Waals surface area (Å²) in [6, 6.07) is 9.35. The van der Waals surface area contributed by atoms with Crippen LogP contribution in [0.5, 0.6) is 0 Å². The summed E-state index contributed by atoms with van der Waals surface area (Å²) in [5, 5.41) is 1.25. The quantitative estimate of drug-likeness (QED) is 0.687. The first-order valence-corrected chi connectivity index (χ1v) is 10.5. The highest BCUT2D eigenvalue weighted by molar-refractivity contribution is 7.92. The third-order valence-corrected chi connectivity index (χ3v) is 6.11. The van der Waals surface area contributed by atoms with Crippen molar-refractivity contribution in [1.29, 1.82) is 0 Å². The van der Waals surface area contributed by atoms with E-state index >= 15 is 0 Å². The molecule has 0 saturated carbocycles. The maximum absolute atomic E-state index is 12.6. The first-order valence-electron chi connectivity index (χ1n) is 9.00. The monoisotopic (exact) mass is 376 g/mol. The second-order valence-electron chi connectivity index (χ2n) is 6.74. The average molecular weight is 377 g/mol. The molecule has 0 aliphatic carbocycles. The molecule has 1 fully saturated rings. The van der Waals surface area contributed by atoms with E-state index in [-0.39, 0.29) is 11.8 Å². The lowest BCUT2D eigenvalue weighted by molar-refractivity contribution is -0.136. The number of sulfonamides is 1. The topological polar surface area (TPSA) is 57.7 Å². The fourth-order valence-corrected chi connectivity index (χ4v) is 4.32. The molecule has 0 unspecified atom stereocenters. The highest BCUT2D eigenvalue weighted by Gasteiger charge is 2.31. The van der Waals surface area contributed by atoms with Crippen LogP contribution in [0, 0.1) is 5.92 Å². The molecule has 1 aliphatic rings. The van der Waals surface area contributed by atoms with Crippen LogP contribution >= 0.6 is 0 Å². The molecule has 0 atom stereocenters. The molecule has 2 rings (SSSR count). The maximum atomic E-state index is 12.6. The Balaban J connectivity index is 1.95. The van der Waals surface area contributed by atoms with Crippen molar-refractivity contribution in [3.8, 4) is 0 Å². The molecule has 0 aromatic heterocycles. The Morgan fingerprint density at radius 3 is 2.42 bits per heavy atom. The van der Waals surface area contributed by atoms with Crippen molar-refractivity contribution in [2.45, 2.75) is 26.7 Å². The van der Waals surface area contributed by atoms with Gasteiger partial charge in [-0.15, -0.1) is 0 Å².